The zero-order valence-electron chi connectivity index (χ0n) is 17.2. The van der Waals surface area contributed by atoms with Gasteiger partial charge in [0.15, 0.2) is 11.5 Å². The molecule has 3 aromatic carbocycles. The van der Waals surface area contributed by atoms with Crippen molar-refractivity contribution in [3.8, 4) is 17.2 Å². The van der Waals surface area contributed by atoms with Crippen molar-refractivity contribution in [1.29, 1.82) is 0 Å². The van der Waals surface area contributed by atoms with E-state index in [1.807, 2.05) is 30.3 Å². The molecule has 0 aliphatic carbocycles. The summed E-state index contributed by atoms with van der Waals surface area (Å²) < 4.78 is 80.4. The zero-order valence-corrected chi connectivity index (χ0v) is 17.2. The number of benzene rings is 3. The summed E-state index contributed by atoms with van der Waals surface area (Å²) in [5, 5.41) is 0. The highest BCUT2D eigenvalue weighted by atomic mass is 19.4. The summed E-state index contributed by atoms with van der Waals surface area (Å²) in [7, 11) is 0. The molecule has 1 aliphatic heterocycles. The van der Waals surface area contributed by atoms with Crippen molar-refractivity contribution in [2.45, 2.75) is 18.7 Å². The third-order valence-electron chi connectivity index (χ3n) is 5.24. The summed E-state index contributed by atoms with van der Waals surface area (Å²) >= 11 is 0. The van der Waals surface area contributed by atoms with Gasteiger partial charge in [-0.2, -0.15) is 8.78 Å². The van der Waals surface area contributed by atoms with Crippen LogP contribution in [0, 0.1) is 0 Å². The number of hydrogen-bond donors (Lipinski definition) is 0. The molecule has 0 saturated carbocycles. The first kappa shape index (κ1) is 22.6. The van der Waals surface area contributed by atoms with Crippen molar-refractivity contribution in [3.63, 3.8) is 0 Å². The van der Waals surface area contributed by atoms with Crippen LogP contribution in [0.4, 0.5) is 22.0 Å². The van der Waals surface area contributed by atoms with Gasteiger partial charge in [0.1, 0.15) is 19.0 Å². The van der Waals surface area contributed by atoms with Crippen LogP contribution in [0.25, 0.3) is 5.57 Å². The van der Waals surface area contributed by atoms with E-state index in [4.69, 9.17) is 9.47 Å². The van der Waals surface area contributed by atoms with E-state index in [9.17, 15) is 22.0 Å². The minimum atomic E-state index is -4.86. The van der Waals surface area contributed by atoms with Crippen LogP contribution in [0.5, 0.6) is 17.2 Å². The third-order valence-corrected chi connectivity index (χ3v) is 5.24. The Morgan fingerprint density at radius 2 is 1.48 bits per heavy atom. The van der Waals surface area contributed by atoms with Gasteiger partial charge in [0.25, 0.3) is 6.08 Å². The van der Waals surface area contributed by atoms with E-state index in [0.29, 0.717) is 24.7 Å². The van der Waals surface area contributed by atoms with Crippen LogP contribution < -0.4 is 14.2 Å². The lowest BCUT2D eigenvalue weighted by Crippen LogP contribution is -2.17. The van der Waals surface area contributed by atoms with Gasteiger partial charge < -0.3 is 14.2 Å². The predicted octanol–water partition coefficient (Wildman–Crippen LogP) is 7.19. The van der Waals surface area contributed by atoms with E-state index in [1.54, 1.807) is 18.2 Å². The van der Waals surface area contributed by atoms with Gasteiger partial charge in [-0.1, -0.05) is 48.5 Å². The quantitative estimate of drug-likeness (QED) is 0.363. The Morgan fingerprint density at radius 1 is 0.818 bits per heavy atom. The summed E-state index contributed by atoms with van der Waals surface area (Å²) in [6.45, 7) is 0.825. The van der Waals surface area contributed by atoms with Gasteiger partial charge in [0.05, 0.1) is 0 Å². The van der Waals surface area contributed by atoms with E-state index in [0.717, 1.165) is 23.3 Å². The number of alkyl halides is 3. The molecule has 1 aliphatic rings. The molecule has 0 amide bonds. The average molecular weight is 462 g/mol. The molecule has 0 spiro atoms. The standard InChI is InChI=1S/C25H19F5O3/c26-24(27)21(17-6-9-19(10-7-17)33-25(28,29)30)15-20(16-4-2-1-3-5-16)18-8-11-22-23(14-18)32-13-12-31-22/h1-11,14,20H,12-13,15H2. The summed E-state index contributed by atoms with van der Waals surface area (Å²) in [5.74, 6) is 0.199. The maximum atomic E-state index is 14.0. The van der Waals surface area contributed by atoms with Crippen LogP contribution in [0.1, 0.15) is 29.0 Å². The number of allylic oxidation sites excluding steroid dienone is 1. The highest BCUT2D eigenvalue weighted by Gasteiger charge is 2.31. The van der Waals surface area contributed by atoms with Gasteiger partial charge in [-0.15, -0.1) is 13.2 Å². The van der Waals surface area contributed by atoms with Gasteiger partial charge in [0.2, 0.25) is 0 Å². The molecule has 0 aromatic heterocycles. The Bertz CT molecular complexity index is 1120. The van der Waals surface area contributed by atoms with Gasteiger partial charge in [-0.25, -0.2) is 0 Å². The number of rotatable bonds is 6. The lowest BCUT2D eigenvalue weighted by molar-refractivity contribution is -0.274. The van der Waals surface area contributed by atoms with Gasteiger partial charge >= 0.3 is 6.36 Å². The fourth-order valence-electron chi connectivity index (χ4n) is 3.76. The lowest BCUT2D eigenvalue weighted by Gasteiger charge is -2.23. The summed E-state index contributed by atoms with van der Waals surface area (Å²) in [5.41, 5.74) is 1.41. The molecule has 33 heavy (non-hydrogen) atoms. The number of halogens is 5. The molecular weight excluding hydrogens is 443 g/mol. The third kappa shape index (κ3) is 5.63. The maximum absolute atomic E-state index is 14.0. The van der Waals surface area contributed by atoms with Crippen LogP contribution in [-0.4, -0.2) is 19.6 Å². The molecular formula is C25H19F5O3. The monoisotopic (exact) mass is 462 g/mol. The molecule has 1 atom stereocenters. The number of fused-ring (bicyclic) bond motifs is 1. The molecule has 0 bridgehead atoms. The summed E-state index contributed by atoms with van der Waals surface area (Å²) in [4.78, 5) is 0. The Balaban J connectivity index is 1.68. The minimum absolute atomic E-state index is 0.0779. The Hall–Kier alpha value is -3.55. The molecule has 1 heterocycles. The fourth-order valence-corrected chi connectivity index (χ4v) is 3.76. The molecule has 3 aromatic rings. The first-order valence-corrected chi connectivity index (χ1v) is 10.1. The summed E-state index contributed by atoms with van der Waals surface area (Å²) in [6.07, 6.45) is -6.84. The fraction of sp³-hybridized carbons (Fsp3) is 0.200. The van der Waals surface area contributed by atoms with Crippen LogP contribution in [0.2, 0.25) is 0 Å². The average Bonchev–Trinajstić information content (AvgIpc) is 2.79. The molecule has 3 nitrogen and oxygen atoms in total. The van der Waals surface area contributed by atoms with Crippen molar-refractivity contribution >= 4 is 5.57 Å². The molecule has 172 valence electrons. The van der Waals surface area contributed by atoms with Gasteiger partial charge in [0, 0.05) is 11.5 Å². The largest absolute Gasteiger partial charge is 0.573 e. The van der Waals surface area contributed by atoms with Crippen molar-refractivity contribution in [1.82, 2.24) is 0 Å². The number of ether oxygens (including phenoxy) is 3. The van der Waals surface area contributed by atoms with Crippen molar-refractivity contribution < 1.29 is 36.2 Å². The van der Waals surface area contributed by atoms with Crippen molar-refractivity contribution in [2.24, 2.45) is 0 Å². The molecule has 0 N–H and O–H groups in total. The Morgan fingerprint density at radius 3 is 2.12 bits per heavy atom. The topological polar surface area (TPSA) is 27.7 Å². The lowest BCUT2D eigenvalue weighted by atomic mass is 9.84. The Labute approximate surface area is 187 Å². The van der Waals surface area contributed by atoms with Gasteiger partial charge in [-0.3, -0.25) is 0 Å². The first-order chi connectivity index (χ1) is 15.8. The van der Waals surface area contributed by atoms with Crippen molar-refractivity contribution in [3.05, 3.63) is 95.6 Å². The molecule has 0 fully saturated rings. The maximum Gasteiger partial charge on any atom is 0.573 e. The number of hydrogen-bond acceptors (Lipinski definition) is 3. The highest BCUT2D eigenvalue weighted by Crippen LogP contribution is 2.40. The molecule has 1 unspecified atom stereocenters. The van der Waals surface area contributed by atoms with Crippen LogP contribution >= 0.6 is 0 Å². The van der Waals surface area contributed by atoms with E-state index in [-0.39, 0.29) is 17.6 Å². The van der Waals surface area contributed by atoms with E-state index in [2.05, 4.69) is 4.74 Å². The molecule has 0 saturated heterocycles. The minimum Gasteiger partial charge on any atom is -0.486 e. The smallest absolute Gasteiger partial charge is 0.486 e. The SMILES string of the molecule is FC(F)=C(CC(c1ccccc1)c1ccc2c(c1)OCCO2)c1ccc(OC(F)(F)F)cc1. The zero-order chi connectivity index (χ0) is 23.4. The van der Waals surface area contributed by atoms with Crippen LogP contribution in [0.3, 0.4) is 0 Å². The van der Waals surface area contributed by atoms with E-state index in [1.165, 1.54) is 12.1 Å². The second-order valence-corrected chi connectivity index (χ2v) is 7.38. The highest BCUT2D eigenvalue weighted by molar-refractivity contribution is 5.68. The van der Waals surface area contributed by atoms with Gasteiger partial charge in [-0.05, 0) is 47.4 Å². The first-order valence-electron chi connectivity index (χ1n) is 10.1. The molecule has 0 radical (unpaired) electrons. The van der Waals surface area contributed by atoms with Crippen molar-refractivity contribution in [2.75, 3.05) is 13.2 Å². The second-order valence-electron chi connectivity index (χ2n) is 7.38. The Kier molecular flexibility index (Phi) is 6.53. The normalized spacial score (nSPS) is 13.8. The van der Waals surface area contributed by atoms with E-state index < -0.39 is 24.1 Å². The second kappa shape index (κ2) is 9.52. The molecule has 8 heteroatoms. The summed E-state index contributed by atoms with van der Waals surface area (Å²) in [6, 6.07) is 18.9. The van der Waals surface area contributed by atoms with E-state index >= 15 is 0 Å². The molecule has 4 rings (SSSR count). The predicted molar refractivity (Wildman–Crippen MR) is 113 cm³/mol. The van der Waals surface area contributed by atoms with Crippen LogP contribution in [-0.2, 0) is 0 Å². The van der Waals surface area contributed by atoms with Crippen LogP contribution in [0.15, 0.2) is 78.9 Å².